The molecule has 0 bridgehead atoms. The Bertz CT molecular complexity index is 2800. The number of aromatic hydroxyl groups is 1. The Morgan fingerprint density at radius 2 is 0.739 bits per heavy atom. The van der Waals surface area contributed by atoms with E-state index in [1.165, 1.54) is 24.3 Å². The molecule has 0 heterocycles. The summed E-state index contributed by atoms with van der Waals surface area (Å²) in [6.45, 7) is -1.13. The van der Waals surface area contributed by atoms with E-state index in [9.17, 15) is 102 Å². The molecule has 0 unspecified atom stereocenters. The Hall–Kier alpha value is -10.3. The number of carbonyl (C=O) groups is 16. The quantitative estimate of drug-likeness (QED) is 0.0164. The third-order valence-corrected chi connectivity index (χ3v) is 13.2. The van der Waals surface area contributed by atoms with Crippen LogP contribution in [0.4, 0.5) is 0 Å². The van der Waals surface area contributed by atoms with Crippen molar-refractivity contribution in [3.63, 3.8) is 0 Å². The van der Waals surface area contributed by atoms with Gasteiger partial charge in [0.15, 0.2) is 5.96 Å². The summed E-state index contributed by atoms with van der Waals surface area (Å²) >= 11 is 0. The van der Waals surface area contributed by atoms with Crippen molar-refractivity contribution in [2.24, 2.45) is 50.9 Å². The van der Waals surface area contributed by atoms with Crippen LogP contribution in [-0.4, -0.2) is 206 Å². The van der Waals surface area contributed by atoms with Gasteiger partial charge in [-0.3, -0.25) is 76.9 Å². The first-order valence-electron chi connectivity index (χ1n) is 28.6. The van der Waals surface area contributed by atoms with Gasteiger partial charge in [0, 0.05) is 45.1 Å². The smallest absolute Gasteiger partial charge is 0.328 e. The van der Waals surface area contributed by atoms with E-state index in [1.54, 1.807) is 0 Å². The van der Waals surface area contributed by atoms with Gasteiger partial charge in [0.05, 0.1) is 19.1 Å². The number of carboxylic acid groups (broad SMARTS) is 3. The highest BCUT2D eigenvalue weighted by molar-refractivity contribution is 6.00. The molecule has 30 N–H and O–H groups in total. The number of aliphatic hydroxyl groups is 1. The molecule has 0 saturated heterocycles. The van der Waals surface area contributed by atoms with Gasteiger partial charge in [-0.05, 0) is 88.4 Å². The van der Waals surface area contributed by atoms with Crippen molar-refractivity contribution in [2.75, 3.05) is 19.7 Å². The number of aliphatic carboxylic acids is 3. The van der Waals surface area contributed by atoms with E-state index < -0.39 is 226 Å². The fourth-order valence-electron chi connectivity index (χ4n) is 8.28. The van der Waals surface area contributed by atoms with E-state index in [-0.39, 0.29) is 75.3 Å². The van der Waals surface area contributed by atoms with Crippen LogP contribution in [-0.2, 0) is 83.1 Å². The summed E-state index contributed by atoms with van der Waals surface area (Å²) in [7, 11) is 0. The van der Waals surface area contributed by atoms with Gasteiger partial charge in [-0.25, -0.2) is 4.79 Å². The number of hydrogen-bond acceptors (Lipinski definition) is 21. The number of amides is 13. The van der Waals surface area contributed by atoms with Gasteiger partial charge in [0.1, 0.15) is 60.1 Å². The topological polar surface area (TPSA) is 703 Å². The first-order valence-corrected chi connectivity index (χ1v) is 28.6. The summed E-state index contributed by atoms with van der Waals surface area (Å²) in [6.07, 6.45) is -7.69. The molecule has 0 aromatic heterocycles. The largest absolute Gasteiger partial charge is 0.508 e. The molecule has 0 spiro atoms. The summed E-state index contributed by atoms with van der Waals surface area (Å²) in [4.78, 5) is 212. The average Bonchev–Trinajstić information content (AvgIpc) is 2.15. The second-order valence-electron chi connectivity index (χ2n) is 20.8. The van der Waals surface area contributed by atoms with E-state index in [2.05, 4.69) is 47.5 Å². The van der Waals surface area contributed by atoms with Crippen LogP contribution in [0.25, 0.3) is 0 Å². The highest BCUT2D eigenvalue weighted by atomic mass is 16.4. The molecule has 0 radical (unpaired) electrons. The zero-order valence-electron chi connectivity index (χ0n) is 50.1. The van der Waals surface area contributed by atoms with E-state index in [0.29, 0.717) is 0 Å². The Morgan fingerprint density at radius 3 is 1.11 bits per heavy atom. The molecule has 0 fully saturated rings. The number of benzene rings is 1. The highest BCUT2D eigenvalue weighted by Gasteiger charge is 2.37. The minimum atomic E-state index is -2.05. The first-order chi connectivity index (χ1) is 43.2. The third-order valence-electron chi connectivity index (χ3n) is 13.2. The molecule has 512 valence electrons. The molecular formula is C53H84N18O21. The van der Waals surface area contributed by atoms with Crippen molar-refractivity contribution >= 4 is 101 Å². The van der Waals surface area contributed by atoms with Gasteiger partial charge >= 0.3 is 17.9 Å². The molecule has 0 aliphatic carbocycles. The van der Waals surface area contributed by atoms with Crippen LogP contribution in [0, 0.1) is 0 Å². The van der Waals surface area contributed by atoms with E-state index >= 15 is 0 Å². The molecular weight excluding hydrogens is 1220 g/mol. The molecule has 0 aliphatic rings. The lowest BCUT2D eigenvalue weighted by molar-refractivity contribution is -0.143. The van der Waals surface area contributed by atoms with Crippen LogP contribution in [0.5, 0.6) is 5.75 Å². The minimum absolute atomic E-state index is 0.0304. The minimum Gasteiger partial charge on any atom is -0.508 e. The first kappa shape index (κ1) is 79.7. The highest BCUT2D eigenvalue weighted by Crippen LogP contribution is 2.14. The molecule has 39 heteroatoms. The van der Waals surface area contributed by atoms with Crippen LogP contribution >= 0.6 is 0 Å². The molecule has 1 aromatic rings. The molecule has 13 amide bonds. The van der Waals surface area contributed by atoms with Crippen molar-refractivity contribution in [2.45, 2.75) is 170 Å². The maximum absolute atomic E-state index is 14.4. The molecule has 1 rings (SSSR count). The SMILES string of the molecule is NCCCC[C@H](NC(=O)[C@H](CCC(=O)O)NC(=O)[C@H](CCC(N)=O)NC(=O)[C@@H](N)CCC(N)=O)C(=O)N[C@@H](CCC(=O)O)C(=O)N[C@@H](Cc1ccc(O)cc1)C(=O)N[C@@H](CC(N)=O)C(=O)N[C@@H](CCC(N)=O)C(=O)N[C@@H](CCCN=C(N)N)C(=O)N[C@@H](CO)C(=O)O. The Balaban J connectivity index is 3.81. The second-order valence-corrected chi connectivity index (χ2v) is 20.8. The second kappa shape index (κ2) is 41.8. The Labute approximate surface area is 525 Å². The van der Waals surface area contributed by atoms with Gasteiger partial charge < -0.3 is 119 Å². The van der Waals surface area contributed by atoms with Crippen molar-refractivity contribution in [1.82, 2.24) is 47.9 Å². The van der Waals surface area contributed by atoms with E-state index in [0.717, 1.165) is 0 Å². The van der Waals surface area contributed by atoms with Crippen LogP contribution in [0.1, 0.15) is 108 Å². The number of rotatable bonds is 47. The molecule has 10 atom stereocenters. The van der Waals surface area contributed by atoms with Crippen molar-refractivity contribution in [3.8, 4) is 5.75 Å². The normalized spacial score (nSPS) is 14.1. The number of carboxylic acids is 3. The molecule has 0 aliphatic heterocycles. The number of nitrogens with two attached hydrogens (primary N) is 8. The Kier molecular flexibility index (Phi) is 36.2. The van der Waals surface area contributed by atoms with Gasteiger partial charge in [0.25, 0.3) is 0 Å². The van der Waals surface area contributed by atoms with Gasteiger partial charge in [-0.15, -0.1) is 0 Å². The summed E-state index contributed by atoms with van der Waals surface area (Å²) in [5, 5.41) is 68.6. The molecule has 92 heavy (non-hydrogen) atoms. The average molecular weight is 1310 g/mol. The number of primary amides is 4. The lowest BCUT2D eigenvalue weighted by Gasteiger charge is -2.28. The fourth-order valence-corrected chi connectivity index (χ4v) is 8.28. The number of phenolic OH excluding ortho intramolecular Hbond substituents is 1. The zero-order chi connectivity index (χ0) is 69.8. The van der Waals surface area contributed by atoms with Crippen molar-refractivity contribution in [1.29, 1.82) is 0 Å². The predicted octanol–water partition coefficient (Wildman–Crippen LogP) is -9.71. The number of unbranched alkanes of at least 4 members (excludes halogenated alkanes) is 1. The van der Waals surface area contributed by atoms with Crippen LogP contribution in [0.2, 0.25) is 0 Å². The summed E-state index contributed by atoms with van der Waals surface area (Å²) in [6, 6.07) is -12.8. The lowest BCUT2D eigenvalue weighted by atomic mass is 10.0. The fraction of sp³-hybridized carbons (Fsp3) is 0.566. The number of aliphatic imine (C=N–C) groups is 1. The van der Waals surface area contributed by atoms with Crippen molar-refractivity contribution < 1.29 is 102 Å². The molecule has 1 aromatic carbocycles. The van der Waals surface area contributed by atoms with Gasteiger partial charge in [0.2, 0.25) is 76.8 Å². The number of nitrogens with one attached hydrogen (secondary N) is 9. The standard InChI is InChI=1S/C53H84N18O21/c54-20-2-1-4-28(64-48(87)32(13-18-41(78)79)67-46(85)30(11-16-38(57)75)63-43(82)27(55)10-15-37(56)74)44(83)66-33(14-19-42(80)81)49(88)69-34(22-25-6-8-26(73)9-7-25)50(89)70-35(23-40(59)77)51(90)68-31(12-17-39(58)76)47(86)65-29(5-3-21-62-53(60)61)45(84)71-36(24-72)52(91)92/h6-9,27-36,72-73H,1-5,10-24,54-55H2,(H2,56,74)(H2,57,75)(H2,58,76)(H2,59,77)(H,63,82)(H,64,87)(H,65,86)(H,66,83)(H,67,85)(H,68,90)(H,69,88)(H,70,89)(H,71,84)(H,78,79)(H,80,81)(H,91,92)(H4,60,61,62)/t27-,28-,29-,30-,31-,32-,33-,34-,35-,36-/m0/s1. The third kappa shape index (κ3) is 32.8. The molecule has 39 nitrogen and oxygen atoms in total. The number of aliphatic hydroxyl groups excluding tert-OH is 1. The van der Waals surface area contributed by atoms with Crippen LogP contribution < -0.4 is 93.7 Å². The van der Waals surface area contributed by atoms with Crippen LogP contribution in [0.15, 0.2) is 29.3 Å². The monoisotopic (exact) mass is 1310 g/mol. The predicted molar refractivity (Wildman–Crippen MR) is 318 cm³/mol. The summed E-state index contributed by atoms with van der Waals surface area (Å²) in [5.74, 6) is -20.1. The number of carbonyl (C=O) groups excluding carboxylic acids is 13. The molecule has 0 saturated carbocycles. The van der Waals surface area contributed by atoms with Gasteiger partial charge in [-0.2, -0.15) is 0 Å². The summed E-state index contributed by atoms with van der Waals surface area (Å²) in [5.41, 5.74) is 43.7. The van der Waals surface area contributed by atoms with Gasteiger partial charge in [-0.1, -0.05) is 12.1 Å². The number of hydrogen-bond donors (Lipinski definition) is 22. The van der Waals surface area contributed by atoms with Crippen molar-refractivity contribution in [3.05, 3.63) is 29.8 Å². The Morgan fingerprint density at radius 1 is 0.402 bits per heavy atom. The maximum atomic E-state index is 14.4. The van der Waals surface area contributed by atoms with E-state index in [1.807, 2.05) is 5.32 Å². The maximum Gasteiger partial charge on any atom is 0.328 e. The zero-order valence-corrected chi connectivity index (χ0v) is 50.1. The van der Waals surface area contributed by atoms with Crippen LogP contribution in [0.3, 0.4) is 0 Å². The van der Waals surface area contributed by atoms with E-state index in [4.69, 9.17) is 45.9 Å². The number of phenols is 1. The summed E-state index contributed by atoms with van der Waals surface area (Å²) < 4.78 is 0. The lowest BCUT2D eigenvalue weighted by Crippen LogP contribution is -2.61. The number of guanidine groups is 1. The number of nitrogens with zero attached hydrogens (tertiary/aromatic N) is 1.